The van der Waals surface area contributed by atoms with E-state index in [1.807, 2.05) is 0 Å². The van der Waals surface area contributed by atoms with Crippen LogP contribution in [0.4, 0.5) is 0 Å². The van der Waals surface area contributed by atoms with Gasteiger partial charge in [0.15, 0.2) is 5.69 Å². The molecule has 1 heterocycles. The van der Waals surface area contributed by atoms with E-state index >= 15 is 0 Å². The van der Waals surface area contributed by atoms with E-state index in [2.05, 4.69) is 11.1 Å². The molecule has 1 aliphatic rings. The van der Waals surface area contributed by atoms with Crippen LogP contribution in [0.2, 0.25) is 5.02 Å². The van der Waals surface area contributed by atoms with Crippen LogP contribution in [0, 0.1) is 11.3 Å². The quantitative estimate of drug-likeness (QED) is 0.779. The average Bonchev–Trinajstić information content (AvgIpc) is 3.07. The molecule has 0 spiro atoms. The molecule has 4 nitrogen and oxygen atoms in total. The maximum atomic E-state index is 11.9. The molecule has 0 N–H and O–H groups in total. The van der Waals surface area contributed by atoms with E-state index in [-0.39, 0.29) is 10.7 Å². The lowest BCUT2D eigenvalue weighted by Crippen LogP contribution is -2.24. The van der Waals surface area contributed by atoms with Crippen molar-refractivity contribution in [1.29, 1.82) is 5.26 Å². The number of aromatic nitrogens is 1. The van der Waals surface area contributed by atoms with Gasteiger partial charge in [-0.2, -0.15) is 5.26 Å². The van der Waals surface area contributed by atoms with Crippen molar-refractivity contribution in [2.75, 3.05) is 0 Å². The summed E-state index contributed by atoms with van der Waals surface area (Å²) in [6.45, 7) is 5.34. The first-order chi connectivity index (χ1) is 8.77. The van der Waals surface area contributed by atoms with Crippen molar-refractivity contribution >= 4 is 17.6 Å². The zero-order chi connectivity index (χ0) is 14.3. The van der Waals surface area contributed by atoms with Gasteiger partial charge in [0.25, 0.3) is 0 Å². The number of nitriles is 1. The summed E-state index contributed by atoms with van der Waals surface area (Å²) in [5.74, 6) is -0.550. The molecule has 0 atom stereocenters. The summed E-state index contributed by atoms with van der Waals surface area (Å²) in [5.41, 5.74) is -0.185. The third-order valence-corrected chi connectivity index (χ3v) is 3.24. The van der Waals surface area contributed by atoms with Gasteiger partial charge in [-0.3, -0.25) is 0 Å². The summed E-state index contributed by atoms with van der Waals surface area (Å²) in [6, 6.07) is 3.91. The Morgan fingerprint density at radius 3 is 2.58 bits per heavy atom. The lowest BCUT2D eigenvalue weighted by atomic mass is 9.99. The van der Waals surface area contributed by atoms with Gasteiger partial charge >= 0.3 is 5.97 Å². The van der Waals surface area contributed by atoms with Gasteiger partial charge in [-0.1, -0.05) is 11.6 Å². The van der Waals surface area contributed by atoms with Crippen LogP contribution in [-0.4, -0.2) is 16.6 Å². The van der Waals surface area contributed by atoms with Crippen LogP contribution in [0.15, 0.2) is 12.3 Å². The van der Waals surface area contributed by atoms with Gasteiger partial charge in [-0.15, -0.1) is 0 Å². The minimum absolute atomic E-state index is 0.0917. The largest absolute Gasteiger partial charge is 0.455 e. The Morgan fingerprint density at radius 2 is 2.16 bits per heavy atom. The number of esters is 1. The van der Waals surface area contributed by atoms with Crippen LogP contribution in [0.5, 0.6) is 0 Å². The maximum Gasteiger partial charge on any atom is 0.359 e. The second kappa shape index (κ2) is 4.50. The van der Waals surface area contributed by atoms with Crippen molar-refractivity contribution in [3.63, 3.8) is 0 Å². The number of carbonyl (C=O) groups is 1. The molecule has 1 aromatic heterocycles. The van der Waals surface area contributed by atoms with Gasteiger partial charge in [0.05, 0.1) is 16.5 Å². The van der Waals surface area contributed by atoms with E-state index in [0.29, 0.717) is 0 Å². The van der Waals surface area contributed by atoms with E-state index in [1.54, 1.807) is 33.0 Å². The summed E-state index contributed by atoms with van der Waals surface area (Å²) in [7, 11) is 0. The fraction of sp³-hybridized carbons (Fsp3) is 0.500. The highest BCUT2D eigenvalue weighted by atomic mass is 35.5. The summed E-state index contributed by atoms with van der Waals surface area (Å²) in [5, 5.41) is 9.35. The van der Waals surface area contributed by atoms with Crippen LogP contribution < -0.4 is 0 Å². The number of halogens is 1. The monoisotopic (exact) mass is 278 g/mol. The standard InChI is InChI=1S/C14H15ClN2O2/c1-13(2,3)19-12(18)11-10(15)6-9(7-17-11)14(8-16)4-5-14/h6-7H,4-5H2,1-3H3. The lowest BCUT2D eigenvalue weighted by molar-refractivity contribution is 0.00630. The fourth-order valence-electron chi connectivity index (χ4n) is 1.77. The molecule has 0 aliphatic heterocycles. The number of nitrogens with zero attached hydrogens (tertiary/aromatic N) is 2. The SMILES string of the molecule is CC(C)(C)OC(=O)c1ncc(C2(C#N)CC2)cc1Cl. The topological polar surface area (TPSA) is 63.0 Å². The third-order valence-electron chi connectivity index (χ3n) is 2.95. The van der Waals surface area contributed by atoms with Crippen molar-refractivity contribution < 1.29 is 9.53 Å². The molecular formula is C14H15ClN2O2. The molecule has 2 rings (SSSR count). The Balaban J connectivity index is 2.26. The van der Waals surface area contributed by atoms with Gasteiger partial charge in [0.2, 0.25) is 0 Å². The highest BCUT2D eigenvalue weighted by molar-refractivity contribution is 6.33. The molecule has 100 valence electrons. The molecule has 19 heavy (non-hydrogen) atoms. The summed E-state index contributed by atoms with van der Waals surface area (Å²) in [6.07, 6.45) is 3.17. The summed E-state index contributed by atoms with van der Waals surface area (Å²) < 4.78 is 5.22. The normalized spacial score (nSPS) is 16.6. The maximum absolute atomic E-state index is 11.9. The number of hydrogen-bond acceptors (Lipinski definition) is 4. The molecular weight excluding hydrogens is 264 g/mol. The molecule has 1 aromatic rings. The summed E-state index contributed by atoms with van der Waals surface area (Å²) >= 11 is 6.07. The van der Waals surface area contributed by atoms with Crippen LogP contribution in [0.25, 0.3) is 0 Å². The van der Waals surface area contributed by atoms with Gasteiger partial charge < -0.3 is 4.74 Å². The Morgan fingerprint density at radius 1 is 1.53 bits per heavy atom. The predicted octanol–water partition coefficient (Wildman–Crippen LogP) is 3.25. The summed E-state index contributed by atoms with van der Waals surface area (Å²) in [4.78, 5) is 16.0. The highest BCUT2D eigenvalue weighted by Crippen LogP contribution is 2.47. The third kappa shape index (κ3) is 2.87. The molecule has 0 radical (unpaired) electrons. The average molecular weight is 279 g/mol. The number of pyridine rings is 1. The molecule has 0 unspecified atom stereocenters. The van der Waals surface area contributed by atoms with Crippen LogP contribution >= 0.6 is 11.6 Å². The Labute approximate surface area is 117 Å². The van der Waals surface area contributed by atoms with E-state index in [1.165, 1.54) is 0 Å². The number of hydrogen-bond donors (Lipinski definition) is 0. The lowest BCUT2D eigenvalue weighted by Gasteiger charge is -2.19. The molecule has 0 aromatic carbocycles. The van der Waals surface area contributed by atoms with Crippen LogP contribution in [0.3, 0.4) is 0 Å². The van der Waals surface area contributed by atoms with Crippen molar-refractivity contribution in [1.82, 2.24) is 4.98 Å². The molecule has 1 saturated carbocycles. The molecule has 0 bridgehead atoms. The van der Waals surface area contributed by atoms with E-state index in [9.17, 15) is 4.79 Å². The molecule has 1 aliphatic carbocycles. The minimum Gasteiger partial charge on any atom is -0.455 e. The molecule has 1 fully saturated rings. The van der Waals surface area contributed by atoms with Crippen molar-refractivity contribution in [3.05, 3.63) is 28.5 Å². The molecule has 0 saturated heterocycles. The molecule has 5 heteroatoms. The second-order valence-electron chi connectivity index (χ2n) is 5.75. The van der Waals surface area contributed by atoms with E-state index in [4.69, 9.17) is 21.6 Å². The van der Waals surface area contributed by atoms with Gasteiger partial charge in [-0.05, 0) is 45.2 Å². The van der Waals surface area contributed by atoms with Gasteiger partial charge in [-0.25, -0.2) is 9.78 Å². The fourth-order valence-corrected chi connectivity index (χ4v) is 2.01. The zero-order valence-corrected chi connectivity index (χ0v) is 11.9. The van der Waals surface area contributed by atoms with Crippen LogP contribution in [-0.2, 0) is 10.2 Å². The highest BCUT2D eigenvalue weighted by Gasteiger charge is 2.45. The first kappa shape index (κ1) is 13.8. The van der Waals surface area contributed by atoms with E-state index < -0.39 is 17.0 Å². The Hall–Kier alpha value is -1.60. The number of carbonyl (C=O) groups excluding carboxylic acids is 1. The molecule has 0 amide bonds. The first-order valence-electron chi connectivity index (χ1n) is 6.08. The Kier molecular flexibility index (Phi) is 3.27. The van der Waals surface area contributed by atoms with Crippen molar-refractivity contribution in [2.45, 2.75) is 44.6 Å². The van der Waals surface area contributed by atoms with Gasteiger partial charge in [0.1, 0.15) is 5.60 Å². The van der Waals surface area contributed by atoms with E-state index in [0.717, 1.165) is 18.4 Å². The minimum atomic E-state index is -0.592. The van der Waals surface area contributed by atoms with Gasteiger partial charge in [0, 0.05) is 6.20 Å². The zero-order valence-electron chi connectivity index (χ0n) is 11.2. The number of ether oxygens (including phenoxy) is 1. The number of rotatable bonds is 2. The van der Waals surface area contributed by atoms with Crippen molar-refractivity contribution in [2.24, 2.45) is 0 Å². The van der Waals surface area contributed by atoms with Crippen LogP contribution in [0.1, 0.15) is 49.7 Å². The first-order valence-corrected chi connectivity index (χ1v) is 6.46. The Bertz CT molecular complexity index is 566. The van der Waals surface area contributed by atoms with Crippen molar-refractivity contribution in [3.8, 4) is 6.07 Å². The smallest absolute Gasteiger partial charge is 0.359 e. The predicted molar refractivity (Wildman–Crippen MR) is 70.9 cm³/mol. The second-order valence-corrected chi connectivity index (χ2v) is 6.16.